The predicted octanol–water partition coefficient (Wildman–Crippen LogP) is 3.35. The fraction of sp³-hybridized carbons (Fsp3) is 0.769. The second-order valence-electron chi connectivity index (χ2n) is 5.17. The number of nitrogens with zero attached hydrogens (tertiary/aromatic N) is 2. The average molecular weight is 258 g/mol. The van der Waals surface area contributed by atoms with Crippen LogP contribution in [0.5, 0.6) is 0 Å². The molecule has 0 bridgehead atoms. The Labute approximate surface area is 110 Å². The molecule has 0 spiro atoms. The van der Waals surface area contributed by atoms with Gasteiger partial charge >= 0.3 is 0 Å². The van der Waals surface area contributed by atoms with Gasteiger partial charge in [-0.05, 0) is 39.7 Å². The summed E-state index contributed by atoms with van der Waals surface area (Å²) < 4.78 is 2.01. The van der Waals surface area contributed by atoms with Crippen LogP contribution >= 0.6 is 11.6 Å². The summed E-state index contributed by atoms with van der Waals surface area (Å²) in [5, 5.41) is 8.73. The molecule has 0 aliphatic carbocycles. The van der Waals surface area contributed by atoms with E-state index in [0.29, 0.717) is 6.04 Å². The number of hydrogen-bond donors (Lipinski definition) is 1. The van der Waals surface area contributed by atoms with Crippen LogP contribution in [0, 0.1) is 19.8 Å². The third-order valence-electron chi connectivity index (χ3n) is 2.99. The Morgan fingerprint density at radius 2 is 1.94 bits per heavy atom. The highest BCUT2D eigenvalue weighted by Gasteiger charge is 2.13. The Bertz CT molecular complexity index is 358. The van der Waals surface area contributed by atoms with Crippen LogP contribution in [-0.4, -0.2) is 22.9 Å². The highest BCUT2D eigenvalue weighted by molar-refractivity contribution is 6.31. The van der Waals surface area contributed by atoms with Gasteiger partial charge in [-0.3, -0.25) is 4.68 Å². The molecule has 3 nitrogen and oxygen atoms in total. The van der Waals surface area contributed by atoms with Gasteiger partial charge in [0.15, 0.2) is 0 Å². The van der Waals surface area contributed by atoms with E-state index in [1.165, 1.54) is 6.42 Å². The summed E-state index contributed by atoms with van der Waals surface area (Å²) in [5.41, 5.74) is 1.97. The first-order valence-electron chi connectivity index (χ1n) is 6.35. The van der Waals surface area contributed by atoms with Gasteiger partial charge in [-0.15, -0.1) is 0 Å². The molecule has 1 unspecified atom stereocenters. The molecular formula is C13H24ClN3. The van der Waals surface area contributed by atoms with Crippen molar-refractivity contribution in [3.05, 3.63) is 16.4 Å². The zero-order valence-electron chi connectivity index (χ0n) is 11.5. The van der Waals surface area contributed by atoms with Crippen molar-refractivity contribution < 1.29 is 0 Å². The molecule has 0 saturated heterocycles. The number of halogens is 1. The van der Waals surface area contributed by atoms with Gasteiger partial charge in [0.2, 0.25) is 0 Å². The van der Waals surface area contributed by atoms with Crippen molar-refractivity contribution in [1.82, 2.24) is 15.1 Å². The normalized spacial score (nSPS) is 13.4. The average Bonchev–Trinajstić information content (AvgIpc) is 2.52. The van der Waals surface area contributed by atoms with Gasteiger partial charge in [-0.2, -0.15) is 5.10 Å². The van der Waals surface area contributed by atoms with Crippen molar-refractivity contribution in [2.24, 2.45) is 5.92 Å². The first-order valence-corrected chi connectivity index (χ1v) is 6.73. The predicted molar refractivity (Wildman–Crippen MR) is 73.7 cm³/mol. The fourth-order valence-electron chi connectivity index (χ4n) is 1.86. The lowest BCUT2D eigenvalue weighted by atomic mass is 10.1. The minimum atomic E-state index is 0.341. The summed E-state index contributed by atoms with van der Waals surface area (Å²) in [6.45, 7) is 12.6. The lowest BCUT2D eigenvalue weighted by molar-refractivity contribution is 0.431. The monoisotopic (exact) mass is 257 g/mol. The smallest absolute Gasteiger partial charge is 0.0844 e. The van der Waals surface area contributed by atoms with Gasteiger partial charge in [0.1, 0.15) is 0 Å². The molecular weight excluding hydrogens is 234 g/mol. The third-order valence-corrected chi connectivity index (χ3v) is 3.54. The first-order chi connectivity index (χ1) is 7.93. The maximum atomic E-state index is 6.14. The van der Waals surface area contributed by atoms with Crippen LogP contribution in [0.15, 0.2) is 0 Å². The molecule has 1 atom stereocenters. The highest BCUT2D eigenvalue weighted by atomic mass is 35.5. The summed E-state index contributed by atoms with van der Waals surface area (Å²) in [6, 6.07) is 0.341. The Balaban J connectivity index is 2.47. The summed E-state index contributed by atoms with van der Waals surface area (Å²) in [5.74, 6) is 0.751. The van der Waals surface area contributed by atoms with Gasteiger partial charge in [0.05, 0.1) is 22.5 Å². The van der Waals surface area contributed by atoms with E-state index in [2.05, 4.69) is 31.2 Å². The Hall–Kier alpha value is -0.540. The number of rotatable bonds is 6. The summed E-state index contributed by atoms with van der Waals surface area (Å²) in [4.78, 5) is 0. The van der Waals surface area contributed by atoms with Crippen molar-refractivity contribution in [2.45, 2.75) is 47.1 Å². The number of nitrogens with one attached hydrogen (secondary N) is 1. The minimum absolute atomic E-state index is 0.341. The topological polar surface area (TPSA) is 29.9 Å². The second-order valence-corrected chi connectivity index (χ2v) is 5.54. The standard InChI is InChI=1S/C13H24ClN3/c1-9(2)6-7-15-8-10(3)17-12(5)13(14)11(4)16-17/h9-10,15H,6-8H2,1-5H3. The van der Waals surface area contributed by atoms with Gasteiger partial charge in [0, 0.05) is 6.54 Å². The molecule has 1 heterocycles. The molecule has 0 aromatic carbocycles. The van der Waals surface area contributed by atoms with Gasteiger partial charge in [-0.25, -0.2) is 0 Å². The Morgan fingerprint density at radius 1 is 1.29 bits per heavy atom. The van der Waals surface area contributed by atoms with E-state index in [1.54, 1.807) is 0 Å². The van der Waals surface area contributed by atoms with E-state index in [1.807, 2.05) is 18.5 Å². The summed E-state index contributed by atoms with van der Waals surface area (Å²) in [7, 11) is 0. The molecule has 17 heavy (non-hydrogen) atoms. The van der Waals surface area contributed by atoms with Crippen LogP contribution in [0.1, 0.15) is 44.6 Å². The van der Waals surface area contributed by atoms with Crippen LogP contribution in [-0.2, 0) is 0 Å². The maximum Gasteiger partial charge on any atom is 0.0844 e. The molecule has 0 amide bonds. The molecule has 1 rings (SSSR count). The number of hydrogen-bond acceptors (Lipinski definition) is 2. The van der Waals surface area contributed by atoms with Gasteiger partial charge in [0.25, 0.3) is 0 Å². The molecule has 0 aliphatic rings. The Morgan fingerprint density at radius 3 is 2.41 bits per heavy atom. The van der Waals surface area contributed by atoms with E-state index in [9.17, 15) is 0 Å². The highest BCUT2D eigenvalue weighted by Crippen LogP contribution is 2.21. The molecule has 1 N–H and O–H groups in total. The van der Waals surface area contributed by atoms with E-state index in [0.717, 1.165) is 35.4 Å². The van der Waals surface area contributed by atoms with Crippen molar-refractivity contribution in [3.63, 3.8) is 0 Å². The van der Waals surface area contributed by atoms with E-state index >= 15 is 0 Å². The SMILES string of the molecule is Cc1nn(C(C)CNCCC(C)C)c(C)c1Cl. The van der Waals surface area contributed by atoms with Crippen molar-refractivity contribution in [2.75, 3.05) is 13.1 Å². The van der Waals surface area contributed by atoms with Crippen molar-refractivity contribution >= 4 is 11.6 Å². The molecule has 0 aliphatic heterocycles. The summed E-state index contributed by atoms with van der Waals surface area (Å²) in [6.07, 6.45) is 1.21. The second kappa shape index (κ2) is 6.41. The molecule has 1 aromatic rings. The quantitative estimate of drug-likeness (QED) is 0.792. The van der Waals surface area contributed by atoms with Crippen molar-refractivity contribution in [3.8, 4) is 0 Å². The molecule has 98 valence electrons. The van der Waals surface area contributed by atoms with E-state index < -0.39 is 0 Å². The molecule has 0 saturated carbocycles. The zero-order chi connectivity index (χ0) is 13.0. The molecule has 4 heteroatoms. The maximum absolute atomic E-state index is 6.14. The Kier molecular flexibility index (Phi) is 5.47. The lowest BCUT2D eigenvalue weighted by Crippen LogP contribution is -2.26. The van der Waals surface area contributed by atoms with Crippen LogP contribution in [0.2, 0.25) is 5.02 Å². The van der Waals surface area contributed by atoms with E-state index in [4.69, 9.17) is 11.6 Å². The zero-order valence-corrected chi connectivity index (χ0v) is 12.3. The van der Waals surface area contributed by atoms with Gasteiger partial charge < -0.3 is 5.32 Å². The molecule has 0 radical (unpaired) electrons. The number of aromatic nitrogens is 2. The molecule has 0 fully saturated rings. The fourth-order valence-corrected chi connectivity index (χ4v) is 1.98. The summed E-state index contributed by atoms with van der Waals surface area (Å²) >= 11 is 6.14. The van der Waals surface area contributed by atoms with Crippen LogP contribution in [0.25, 0.3) is 0 Å². The van der Waals surface area contributed by atoms with Crippen molar-refractivity contribution in [1.29, 1.82) is 0 Å². The van der Waals surface area contributed by atoms with Crippen LogP contribution < -0.4 is 5.32 Å². The number of aryl methyl sites for hydroxylation is 1. The van der Waals surface area contributed by atoms with Crippen LogP contribution in [0.3, 0.4) is 0 Å². The largest absolute Gasteiger partial charge is 0.315 e. The van der Waals surface area contributed by atoms with E-state index in [-0.39, 0.29) is 0 Å². The van der Waals surface area contributed by atoms with Crippen LogP contribution in [0.4, 0.5) is 0 Å². The van der Waals surface area contributed by atoms with Gasteiger partial charge in [-0.1, -0.05) is 25.4 Å². The lowest BCUT2D eigenvalue weighted by Gasteiger charge is -2.15. The third kappa shape index (κ3) is 4.00. The molecule has 1 aromatic heterocycles. The first kappa shape index (κ1) is 14.5. The minimum Gasteiger partial charge on any atom is -0.315 e.